The molecule has 0 bridgehead atoms. The van der Waals surface area contributed by atoms with Gasteiger partial charge in [-0.2, -0.15) is 0 Å². The Morgan fingerprint density at radius 1 is 1.25 bits per heavy atom. The number of benzene rings is 1. The number of aromatic nitrogens is 1. The average molecular weight is 347 g/mol. The van der Waals surface area contributed by atoms with E-state index in [1.807, 2.05) is 19.1 Å². The Hall–Kier alpha value is -2.41. The lowest BCUT2D eigenvalue weighted by molar-refractivity contribution is 0.194. The summed E-state index contributed by atoms with van der Waals surface area (Å²) in [6.45, 7) is 2.29. The molecule has 2 aromatic rings. The van der Waals surface area contributed by atoms with Gasteiger partial charge in [0.25, 0.3) is 0 Å². The van der Waals surface area contributed by atoms with Gasteiger partial charge in [0, 0.05) is 32.2 Å². The summed E-state index contributed by atoms with van der Waals surface area (Å²) < 4.78 is 23.0. The van der Waals surface area contributed by atoms with Crippen LogP contribution in [0.1, 0.15) is 24.1 Å². The summed E-state index contributed by atoms with van der Waals surface area (Å²) in [5.41, 5.74) is 1.78. The van der Waals surface area contributed by atoms with Crippen molar-refractivity contribution in [2.75, 3.05) is 13.3 Å². The molecule has 0 aliphatic carbocycles. The minimum Gasteiger partial charge on any atom is -0.334 e. The van der Waals surface area contributed by atoms with Crippen LogP contribution in [0.3, 0.4) is 0 Å². The van der Waals surface area contributed by atoms with E-state index in [-0.39, 0.29) is 17.0 Å². The van der Waals surface area contributed by atoms with Crippen LogP contribution in [0.25, 0.3) is 0 Å². The van der Waals surface area contributed by atoms with Crippen molar-refractivity contribution in [3.63, 3.8) is 0 Å². The highest BCUT2D eigenvalue weighted by molar-refractivity contribution is 7.90. The molecule has 2 rings (SSSR count). The molecule has 0 radical (unpaired) electrons. The van der Waals surface area contributed by atoms with Crippen LogP contribution in [0.2, 0.25) is 0 Å². The van der Waals surface area contributed by atoms with E-state index in [1.54, 1.807) is 48.6 Å². The number of amides is 2. The first-order chi connectivity index (χ1) is 11.3. The minimum absolute atomic E-state index is 0.187. The molecule has 1 heterocycles. The second-order valence-corrected chi connectivity index (χ2v) is 7.66. The number of nitrogens with zero attached hydrogens (tertiary/aromatic N) is 2. The van der Waals surface area contributed by atoms with Crippen LogP contribution in [-0.4, -0.2) is 37.6 Å². The average Bonchev–Trinajstić information content (AvgIpc) is 2.58. The van der Waals surface area contributed by atoms with Gasteiger partial charge in [-0.25, -0.2) is 13.2 Å². The fraction of sp³-hybridized carbons (Fsp3) is 0.294. The van der Waals surface area contributed by atoms with Crippen LogP contribution in [0.5, 0.6) is 0 Å². The molecule has 1 N–H and O–H groups in total. The molecule has 1 aromatic carbocycles. The Bertz CT molecular complexity index is 790. The van der Waals surface area contributed by atoms with E-state index in [1.165, 1.54) is 6.26 Å². The Kier molecular flexibility index (Phi) is 5.56. The normalized spacial score (nSPS) is 12.5. The fourth-order valence-electron chi connectivity index (χ4n) is 2.20. The predicted molar refractivity (Wildman–Crippen MR) is 92.2 cm³/mol. The van der Waals surface area contributed by atoms with Crippen molar-refractivity contribution in [1.29, 1.82) is 0 Å². The van der Waals surface area contributed by atoms with Crippen LogP contribution in [0.4, 0.5) is 4.79 Å². The molecule has 1 aromatic heterocycles. The van der Waals surface area contributed by atoms with Crippen molar-refractivity contribution in [1.82, 2.24) is 15.2 Å². The van der Waals surface area contributed by atoms with Gasteiger partial charge in [-0.1, -0.05) is 18.2 Å². The summed E-state index contributed by atoms with van der Waals surface area (Å²) in [6.07, 6.45) is 4.55. The fourth-order valence-corrected chi connectivity index (χ4v) is 2.83. The highest BCUT2D eigenvalue weighted by Gasteiger charge is 2.17. The number of hydrogen-bond acceptors (Lipinski definition) is 4. The molecule has 1 atom stereocenters. The molecule has 7 heteroatoms. The SMILES string of the molecule is CC(c1ccc(S(C)(=O)=O)cc1)N(C)C(=O)NCc1cccnc1. The smallest absolute Gasteiger partial charge is 0.317 e. The molecule has 0 aliphatic rings. The number of urea groups is 1. The van der Waals surface area contributed by atoms with Gasteiger partial charge in [0.1, 0.15) is 0 Å². The number of nitrogens with one attached hydrogen (secondary N) is 1. The first-order valence-corrected chi connectivity index (χ1v) is 9.38. The van der Waals surface area contributed by atoms with Crippen molar-refractivity contribution < 1.29 is 13.2 Å². The van der Waals surface area contributed by atoms with Crippen molar-refractivity contribution in [2.45, 2.75) is 24.4 Å². The lowest BCUT2D eigenvalue weighted by Crippen LogP contribution is -2.38. The molecule has 6 nitrogen and oxygen atoms in total. The number of carbonyl (C=O) groups is 1. The summed E-state index contributed by atoms with van der Waals surface area (Å²) in [7, 11) is -1.52. The highest BCUT2D eigenvalue weighted by atomic mass is 32.2. The largest absolute Gasteiger partial charge is 0.334 e. The van der Waals surface area contributed by atoms with Gasteiger partial charge in [-0.15, -0.1) is 0 Å². The number of hydrogen-bond donors (Lipinski definition) is 1. The lowest BCUT2D eigenvalue weighted by Gasteiger charge is -2.25. The van der Waals surface area contributed by atoms with Crippen LogP contribution in [-0.2, 0) is 16.4 Å². The molecule has 0 aliphatic heterocycles. The zero-order chi connectivity index (χ0) is 17.7. The summed E-state index contributed by atoms with van der Waals surface area (Å²) >= 11 is 0. The predicted octanol–water partition coefficient (Wildman–Crippen LogP) is 2.39. The van der Waals surface area contributed by atoms with Crippen molar-refractivity contribution in [2.24, 2.45) is 0 Å². The van der Waals surface area contributed by atoms with E-state index in [2.05, 4.69) is 10.3 Å². The van der Waals surface area contributed by atoms with Crippen molar-refractivity contribution in [3.05, 3.63) is 59.9 Å². The monoisotopic (exact) mass is 347 g/mol. The van der Waals surface area contributed by atoms with E-state index in [4.69, 9.17) is 0 Å². The standard InChI is InChI=1S/C17H21N3O3S/c1-13(15-6-8-16(9-7-15)24(3,22)23)20(2)17(21)19-12-14-5-4-10-18-11-14/h4-11,13H,12H2,1-3H3,(H,19,21). The Morgan fingerprint density at radius 2 is 1.92 bits per heavy atom. The van der Waals surface area contributed by atoms with Gasteiger partial charge in [-0.05, 0) is 36.2 Å². The minimum atomic E-state index is -3.22. The number of rotatable bonds is 5. The van der Waals surface area contributed by atoms with Crippen molar-refractivity contribution >= 4 is 15.9 Å². The summed E-state index contributed by atoms with van der Waals surface area (Å²) in [5, 5.41) is 2.84. The molecular formula is C17H21N3O3S. The van der Waals surface area contributed by atoms with Crippen LogP contribution in [0, 0.1) is 0 Å². The first kappa shape index (κ1) is 17.9. The maximum atomic E-state index is 12.3. The van der Waals surface area contributed by atoms with E-state index >= 15 is 0 Å². The first-order valence-electron chi connectivity index (χ1n) is 7.48. The maximum absolute atomic E-state index is 12.3. The van der Waals surface area contributed by atoms with Gasteiger partial charge in [-0.3, -0.25) is 4.98 Å². The molecule has 0 fully saturated rings. The van der Waals surface area contributed by atoms with E-state index < -0.39 is 9.84 Å². The molecule has 0 spiro atoms. The third-order valence-corrected chi connectivity index (χ3v) is 4.99. The van der Waals surface area contributed by atoms with E-state index in [9.17, 15) is 13.2 Å². The third-order valence-electron chi connectivity index (χ3n) is 3.86. The van der Waals surface area contributed by atoms with Crippen LogP contribution < -0.4 is 5.32 Å². The second-order valence-electron chi connectivity index (χ2n) is 5.65. The topological polar surface area (TPSA) is 79.4 Å². The Labute approximate surface area is 142 Å². The van der Waals surface area contributed by atoms with E-state index in [0.29, 0.717) is 6.54 Å². The summed E-state index contributed by atoms with van der Waals surface area (Å²) in [5.74, 6) is 0. The summed E-state index contributed by atoms with van der Waals surface area (Å²) in [6, 6.07) is 9.88. The molecule has 128 valence electrons. The molecule has 24 heavy (non-hydrogen) atoms. The molecule has 0 saturated heterocycles. The van der Waals surface area contributed by atoms with Gasteiger partial charge in [0.05, 0.1) is 10.9 Å². The quantitative estimate of drug-likeness (QED) is 0.901. The Balaban J connectivity index is 2.00. The number of carbonyl (C=O) groups excluding carboxylic acids is 1. The van der Waals surface area contributed by atoms with Crippen molar-refractivity contribution in [3.8, 4) is 0 Å². The molecular weight excluding hydrogens is 326 g/mol. The Morgan fingerprint density at radius 3 is 2.46 bits per heavy atom. The highest BCUT2D eigenvalue weighted by Crippen LogP contribution is 2.20. The zero-order valence-electron chi connectivity index (χ0n) is 13.9. The molecule has 2 amide bonds. The summed E-state index contributed by atoms with van der Waals surface area (Å²) in [4.78, 5) is 18.1. The zero-order valence-corrected chi connectivity index (χ0v) is 14.7. The molecule has 0 saturated carbocycles. The van der Waals surface area contributed by atoms with Gasteiger partial charge < -0.3 is 10.2 Å². The lowest BCUT2D eigenvalue weighted by atomic mass is 10.1. The maximum Gasteiger partial charge on any atom is 0.317 e. The van der Waals surface area contributed by atoms with Gasteiger partial charge >= 0.3 is 6.03 Å². The second kappa shape index (κ2) is 7.44. The third kappa shape index (κ3) is 4.55. The molecule has 1 unspecified atom stereocenters. The van der Waals surface area contributed by atoms with Crippen LogP contribution >= 0.6 is 0 Å². The van der Waals surface area contributed by atoms with E-state index in [0.717, 1.165) is 11.1 Å². The number of pyridine rings is 1. The van der Waals surface area contributed by atoms with Gasteiger partial charge in [0.2, 0.25) is 0 Å². The van der Waals surface area contributed by atoms with Gasteiger partial charge in [0.15, 0.2) is 9.84 Å². The number of sulfone groups is 1. The van der Waals surface area contributed by atoms with Crippen LogP contribution in [0.15, 0.2) is 53.7 Å².